The van der Waals surface area contributed by atoms with E-state index >= 15 is 0 Å². The first kappa shape index (κ1) is 20.7. The molecule has 2 unspecified atom stereocenters. The van der Waals surface area contributed by atoms with E-state index in [2.05, 4.69) is 32.8 Å². The molecule has 0 radical (unpaired) electrons. The standard InChI is InChI=1S/C17H31N5O2.HI/c1-2-18-17(20-8-7-19-16(23)13-5-6-13)21-10-15-11-22-9-3-4-14(22)12-24-15;/h13-15H,2-12H2,1H3,(H,19,23)(H2,18,20,21);1H. The van der Waals surface area contributed by atoms with Gasteiger partial charge in [-0.2, -0.15) is 0 Å². The van der Waals surface area contributed by atoms with Gasteiger partial charge in [-0.05, 0) is 39.2 Å². The van der Waals surface area contributed by atoms with Crippen molar-refractivity contribution in [2.45, 2.75) is 44.8 Å². The van der Waals surface area contributed by atoms with Crippen LogP contribution in [-0.2, 0) is 9.53 Å². The van der Waals surface area contributed by atoms with Gasteiger partial charge in [0.15, 0.2) is 5.96 Å². The minimum atomic E-state index is 0. The summed E-state index contributed by atoms with van der Waals surface area (Å²) in [4.78, 5) is 18.8. The lowest BCUT2D eigenvalue weighted by atomic mass is 10.2. The zero-order chi connectivity index (χ0) is 16.8. The van der Waals surface area contributed by atoms with Crippen LogP contribution in [0.4, 0.5) is 0 Å². The molecule has 3 aliphatic rings. The summed E-state index contributed by atoms with van der Waals surface area (Å²) in [6, 6.07) is 0.631. The zero-order valence-electron chi connectivity index (χ0n) is 15.1. The third-order valence-electron chi connectivity index (χ3n) is 4.92. The highest BCUT2D eigenvalue weighted by Gasteiger charge is 2.32. The molecule has 3 rings (SSSR count). The smallest absolute Gasteiger partial charge is 0.223 e. The van der Waals surface area contributed by atoms with Crippen LogP contribution in [0.1, 0.15) is 32.6 Å². The van der Waals surface area contributed by atoms with Crippen LogP contribution in [0.25, 0.3) is 0 Å². The van der Waals surface area contributed by atoms with Gasteiger partial charge in [0.2, 0.25) is 5.91 Å². The zero-order valence-corrected chi connectivity index (χ0v) is 17.5. The fourth-order valence-electron chi connectivity index (χ4n) is 3.39. The highest BCUT2D eigenvalue weighted by molar-refractivity contribution is 14.0. The Morgan fingerprint density at radius 1 is 1.20 bits per heavy atom. The normalized spacial score (nSPS) is 26.5. The molecule has 144 valence electrons. The first-order valence-corrected chi connectivity index (χ1v) is 9.41. The van der Waals surface area contributed by atoms with Gasteiger partial charge in [-0.15, -0.1) is 24.0 Å². The van der Waals surface area contributed by atoms with Crippen molar-refractivity contribution >= 4 is 35.8 Å². The number of hydrogen-bond donors (Lipinski definition) is 3. The van der Waals surface area contributed by atoms with Crippen LogP contribution in [0.5, 0.6) is 0 Å². The Morgan fingerprint density at radius 2 is 2.00 bits per heavy atom. The number of carbonyl (C=O) groups is 1. The average molecular weight is 465 g/mol. The summed E-state index contributed by atoms with van der Waals surface area (Å²) in [5, 5.41) is 9.48. The number of amides is 1. The third-order valence-corrected chi connectivity index (χ3v) is 4.92. The number of halogens is 1. The fourth-order valence-corrected chi connectivity index (χ4v) is 3.39. The number of aliphatic imine (C=N–C) groups is 1. The molecule has 0 aromatic carbocycles. The SMILES string of the molecule is CCNC(=NCC1CN2CCCC2CO1)NCCNC(=O)C1CC1.I. The number of rotatable bonds is 7. The number of nitrogens with zero attached hydrogens (tertiary/aromatic N) is 2. The van der Waals surface area contributed by atoms with Crippen molar-refractivity contribution in [2.75, 3.05) is 45.9 Å². The quantitative estimate of drug-likeness (QED) is 0.222. The highest BCUT2D eigenvalue weighted by atomic mass is 127. The lowest BCUT2D eigenvalue weighted by Crippen LogP contribution is -2.48. The van der Waals surface area contributed by atoms with E-state index in [1.54, 1.807) is 0 Å². The Morgan fingerprint density at radius 3 is 2.76 bits per heavy atom. The topological polar surface area (TPSA) is 78.0 Å². The first-order chi connectivity index (χ1) is 11.8. The molecule has 0 aromatic heterocycles. The predicted molar refractivity (Wildman–Crippen MR) is 109 cm³/mol. The van der Waals surface area contributed by atoms with Crippen molar-refractivity contribution in [2.24, 2.45) is 10.9 Å². The van der Waals surface area contributed by atoms with Gasteiger partial charge in [0.05, 0.1) is 19.3 Å². The van der Waals surface area contributed by atoms with Crippen LogP contribution in [-0.4, -0.2) is 74.8 Å². The van der Waals surface area contributed by atoms with Gasteiger partial charge in [0.25, 0.3) is 0 Å². The van der Waals surface area contributed by atoms with Gasteiger partial charge in [0, 0.05) is 38.1 Å². The molecule has 7 nitrogen and oxygen atoms in total. The van der Waals surface area contributed by atoms with Gasteiger partial charge >= 0.3 is 0 Å². The number of fused-ring (bicyclic) bond motifs is 1. The molecular formula is C17H32IN5O2. The third kappa shape index (κ3) is 6.56. The second-order valence-corrected chi connectivity index (χ2v) is 6.96. The van der Waals surface area contributed by atoms with Gasteiger partial charge in [-0.25, -0.2) is 0 Å². The Labute approximate surface area is 167 Å². The van der Waals surface area contributed by atoms with Crippen LogP contribution in [0.3, 0.4) is 0 Å². The molecule has 0 aromatic rings. The van der Waals surface area contributed by atoms with Gasteiger partial charge in [0.1, 0.15) is 0 Å². The van der Waals surface area contributed by atoms with Crippen molar-refractivity contribution < 1.29 is 9.53 Å². The Balaban J connectivity index is 0.00000225. The number of hydrogen-bond acceptors (Lipinski definition) is 4. The van der Waals surface area contributed by atoms with Crippen molar-refractivity contribution in [1.29, 1.82) is 0 Å². The minimum Gasteiger partial charge on any atom is -0.373 e. The number of nitrogens with one attached hydrogen (secondary N) is 3. The maximum Gasteiger partial charge on any atom is 0.223 e. The lowest BCUT2D eigenvalue weighted by molar-refractivity contribution is -0.122. The summed E-state index contributed by atoms with van der Waals surface area (Å²) in [7, 11) is 0. The van der Waals surface area contributed by atoms with Gasteiger partial charge < -0.3 is 20.7 Å². The molecule has 0 spiro atoms. The Kier molecular flexibility index (Phi) is 8.71. The molecule has 2 aliphatic heterocycles. The lowest BCUT2D eigenvalue weighted by Gasteiger charge is -2.34. The molecule has 2 heterocycles. The summed E-state index contributed by atoms with van der Waals surface area (Å²) < 4.78 is 5.95. The number of guanidine groups is 1. The van der Waals surface area contributed by atoms with E-state index in [4.69, 9.17) is 4.74 Å². The molecule has 1 saturated carbocycles. The van der Waals surface area contributed by atoms with Gasteiger partial charge in [-0.1, -0.05) is 0 Å². The summed E-state index contributed by atoms with van der Waals surface area (Å²) in [6.07, 6.45) is 4.84. The molecule has 0 bridgehead atoms. The molecule has 8 heteroatoms. The largest absolute Gasteiger partial charge is 0.373 e. The summed E-state index contributed by atoms with van der Waals surface area (Å²) >= 11 is 0. The molecule has 3 N–H and O–H groups in total. The number of carbonyl (C=O) groups excluding carboxylic acids is 1. The van der Waals surface area contributed by atoms with Crippen molar-refractivity contribution in [3.8, 4) is 0 Å². The molecule has 25 heavy (non-hydrogen) atoms. The highest BCUT2D eigenvalue weighted by Crippen LogP contribution is 2.28. The molecule has 2 atom stereocenters. The molecule has 1 amide bonds. The van der Waals surface area contributed by atoms with Crippen molar-refractivity contribution in [3.63, 3.8) is 0 Å². The van der Waals surface area contributed by atoms with E-state index < -0.39 is 0 Å². The van der Waals surface area contributed by atoms with E-state index in [-0.39, 0.29) is 41.9 Å². The van der Waals surface area contributed by atoms with Crippen LogP contribution < -0.4 is 16.0 Å². The van der Waals surface area contributed by atoms with Gasteiger partial charge in [-0.3, -0.25) is 14.7 Å². The summed E-state index contributed by atoms with van der Waals surface area (Å²) in [5.74, 6) is 1.25. The summed E-state index contributed by atoms with van der Waals surface area (Å²) in [6.45, 7) is 7.90. The molecule has 2 saturated heterocycles. The van der Waals surface area contributed by atoms with Crippen LogP contribution >= 0.6 is 24.0 Å². The van der Waals surface area contributed by atoms with E-state index in [1.807, 2.05) is 0 Å². The maximum atomic E-state index is 11.6. The van der Waals surface area contributed by atoms with E-state index in [1.165, 1.54) is 19.4 Å². The summed E-state index contributed by atoms with van der Waals surface area (Å²) in [5.41, 5.74) is 0. The second kappa shape index (κ2) is 10.5. The number of ether oxygens (including phenoxy) is 1. The number of morpholine rings is 1. The fraction of sp³-hybridized carbons (Fsp3) is 0.882. The Bertz CT molecular complexity index is 458. The average Bonchev–Trinajstić information content (AvgIpc) is 3.34. The molecular weight excluding hydrogens is 433 g/mol. The Hall–Kier alpha value is -0.610. The second-order valence-electron chi connectivity index (χ2n) is 6.96. The van der Waals surface area contributed by atoms with E-state index in [9.17, 15) is 4.79 Å². The first-order valence-electron chi connectivity index (χ1n) is 9.41. The predicted octanol–water partition coefficient (Wildman–Crippen LogP) is 0.549. The minimum absolute atomic E-state index is 0. The van der Waals surface area contributed by atoms with Crippen molar-refractivity contribution in [1.82, 2.24) is 20.9 Å². The maximum absolute atomic E-state index is 11.6. The molecule has 1 aliphatic carbocycles. The van der Waals surface area contributed by atoms with Crippen LogP contribution in [0.15, 0.2) is 4.99 Å². The van der Waals surface area contributed by atoms with E-state index in [0.29, 0.717) is 25.7 Å². The molecule has 3 fully saturated rings. The van der Waals surface area contributed by atoms with Crippen molar-refractivity contribution in [3.05, 3.63) is 0 Å². The monoisotopic (exact) mass is 465 g/mol. The van der Waals surface area contributed by atoms with E-state index in [0.717, 1.165) is 38.5 Å². The van der Waals surface area contributed by atoms with Crippen LogP contribution in [0.2, 0.25) is 0 Å². The van der Waals surface area contributed by atoms with Crippen LogP contribution in [0, 0.1) is 5.92 Å².